The van der Waals surface area contributed by atoms with Crippen LogP contribution < -0.4 is 5.32 Å². The molecule has 2 aliphatic carbocycles. The average Bonchev–Trinajstić information content (AvgIpc) is 3.29. The fourth-order valence-electron chi connectivity index (χ4n) is 4.81. The SMILES string of the molecule is Cn1nc(C(O)=C(C#N)C(=O)Nc2ccccc2)c2c1-c1c(Cl)ccc3c1C2CCC3. The minimum absolute atomic E-state index is 0.0374. The number of fused-ring (bicyclic) bond motifs is 3. The van der Waals surface area contributed by atoms with Gasteiger partial charge in [-0.2, -0.15) is 10.4 Å². The number of aryl methyl sites for hydroxylation is 2. The van der Waals surface area contributed by atoms with E-state index in [1.807, 2.05) is 18.2 Å². The smallest absolute Gasteiger partial charge is 0.270 e. The second-order valence-corrected chi connectivity index (χ2v) is 8.24. The number of aliphatic hydroxyl groups excluding tert-OH is 1. The molecular formula is C24H19ClN4O2. The molecule has 1 aromatic heterocycles. The van der Waals surface area contributed by atoms with Crippen LogP contribution in [0.4, 0.5) is 5.69 Å². The van der Waals surface area contributed by atoms with Crippen LogP contribution in [-0.4, -0.2) is 20.8 Å². The fourth-order valence-corrected chi connectivity index (χ4v) is 5.06. The van der Waals surface area contributed by atoms with E-state index in [0.29, 0.717) is 10.7 Å². The molecule has 2 aliphatic rings. The zero-order valence-corrected chi connectivity index (χ0v) is 17.6. The van der Waals surface area contributed by atoms with E-state index in [9.17, 15) is 15.2 Å². The highest BCUT2D eigenvalue weighted by Crippen LogP contribution is 2.55. The number of carbonyl (C=O) groups excluding carboxylic acids is 1. The minimum atomic E-state index is -0.677. The van der Waals surface area contributed by atoms with E-state index in [-0.39, 0.29) is 17.2 Å². The maximum absolute atomic E-state index is 12.7. The fraction of sp³-hybridized carbons (Fsp3) is 0.208. The van der Waals surface area contributed by atoms with Gasteiger partial charge in [-0.1, -0.05) is 35.9 Å². The highest BCUT2D eigenvalue weighted by Gasteiger charge is 2.40. The highest BCUT2D eigenvalue weighted by atomic mass is 35.5. The minimum Gasteiger partial charge on any atom is -0.504 e. The lowest BCUT2D eigenvalue weighted by molar-refractivity contribution is -0.112. The lowest BCUT2D eigenvalue weighted by atomic mass is 9.81. The van der Waals surface area contributed by atoms with Crippen LogP contribution in [0.2, 0.25) is 5.02 Å². The Hall–Kier alpha value is -3.56. The Bertz CT molecular complexity index is 1300. The van der Waals surface area contributed by atoms with Crippen LogP contribution in [0, 0.1) is 11.3 Å². The van der Waals surface area contributed by atoms with Gasteiger partial charge in [0.05, 0.1) is 10.7 Å². The van der Waals surface area contributed by atoms with E-state index >= 15 is 0 Å². The van der Waals surface area contributed by atoms with Gasteiger partial charge in [-0.05, 0) is 48.6 Å². The Morgan fingerprint density at radius 3 is 2.77 bits per heavy atom. The van der Waals surface area contributed by atoms with Crippen LogP contribution in [0.3, 0.4) is 0 Å². The van der Waals surface area contributed by atoms with Crippen molar-refractivity contribution in [3.05, 3.63) is 75.4 Å². The number of nitrogens with one attached hydrogen (secondary N) is 1. The molecule has 5 rings (SSSR count). The van der Waals surface area contributed by atoms with Crippen LogP contribution >= 0.6 is 11.6 Å². The summed E-state index contributed by atoms with van der Waals surface area (Å²) < 4.78 is 1.69. The molecule has 1 unspecified atom stereocenters. The van der Waals surface area contributed by atoms with E-state index in [0.717, 1.165) is 36.1 Å². The molecule has 0 spiro atoms. The third kappa shape index (κ3) is 2.93. The van der Waals surface area contributed by atoms with Gasteiger partial charge in [0.1, 0.15) is 11.8 Å². The van der Waals surface area contributed by atoms with E-state index in [1.54, 1.807) is 36.0 Å². The van der Waals surface area contributed by atoms with Gasteiger partial charge in [-0.15, -0.1) is 0 Å². The van der Waals surface area contributed by atoms with Crippen LogP contribution in [0.25, 0.3) is 17.0 Å². The Balaban J connectivity index is 1.64. The van der Waals surface area contributed by atoms with Crippen molar-refractivity contribution >= 4 is 29.0 Å². The van der Waals surface area contributed by atoms with Crippen molar-refractivity contribution in [2.24, 2.45) is 7.05 Å². The van der Waals surface area contributed by atoms with Gasteiger partial charge < -0.3 is 10.4 Å². The molecule has 3 aromatic rings. The van der Waals surface area contributed by atoms with E-state index in [4.69, 9.17) is 11.6 Å². The highest BCUT2D eigenvalue weighted by molar-refractivity contribution is 6.33. The average molecular weight is 431 g/mol. The van der Waals surface area contributed by atoms with Crippen molar-refractivity contribution in [3.8, 4) is 17.3 Å². The summed E-state index contributed by atoms with van der Waals surface area (Å²) in [7, 11) is 1.79. The number of hydrogen-bond donors (Lipinski definition) is 2. The van der Waals surface area contributed by atoms with E-state index in [2.05, 4.69) is 16.5 Å². The zero-order chi connectivity index (χ0) is 21.7. The summed E-state index contributed by atoms with van der Waals surface area (Å²) >= 11 is 6.58. The molecule has 31 heavy (non-hydrogen) atoms. The first-order valence-corrected chi connectivity index (χ1v) is 10.5. The number of para-hydroxylation sites is 1. The summed E-state index contributed by atoms with van der Waals surface area (Å²) in [5, 5.41) is 28.5. The summed E-state index contributed by atoms with van der Waals surface area (Å²) in [4.78, 5) is 12.7. The van der Waals surface area contributed by atoms with Gasteiger partial charge in [-0.3, -0.25) is 9.48 Å². The number of halogens is 1. The maximum atomic E-state index is 12.7. The first-order chi connectivity index (χ1) is 15.0. The van der Waals surface area contributed by atoms with Crippen LogP contribution in [0.5, 0.6) is 0 Å². The molecule has 0 saturated carbocycles. The molecule has 2 aromatic carbocycles. The van der Waals surface area contributed by atoms with Crippen molar-refractivity contribution in [2.45, 2.75) is 25.2 Å². The molecule has 7 heteroatoms. The summed E-state index contributed by atoms with van der Waals surface area (Å²) in [5.74, 6) is -1.05. The van der Waals surface area contributed by atoms with Gasteiger partial charge in [0.25, 0.3) is 5.91 Å². The first kappa shape index (κ1) is 19.4. The lowest BCUT2D eigenvalue weighted by Gasteiger charge is -2.23. The predicted octanol–water partition coefficient (Wildman–Crippen LogP) is 4.95. The number of nitriles is 1. The van der Waals surface area contributed by atoms with Gasteiger partial charge in [0.2, 0.25) is 0 Å². The molecule has 0 fully saturated rings. The van der Waals surface area contributed by atoms with Crippen molar-refractivity contribution in [1.29, 1.82) is 5.26 Å². The Labute approximate surface area is 184 Å². The first-order valence-electron chi connectivity index (χ1n) is 10.1. The Morgan fingerprint density at radius 2 is 2.03 bits per heavy atom. The van der Waals surface area contributed by atoms with Crippen molar-refractivity contribution in [1.82, 2.24) is 9.78 Å². The summed E-state index contributed by atoms with van der Waals surface area (Å²) in [6.07, 6.45) is 2.89. The van der Waals surface area contributed by atoms with Crippen LogP contribution in [0.15, 0.2) is 48.0 Å². The molecule has 0 bridgehead atoms. The summed E-state index contributed by atoms with van der Waals surface area (Å²) in [5.41, 5.74) is 5.49. The zero-order valence-electron chi connectivity index (χ0n) is 16.8. The molecule has 0 aliphatic heterocycles. The van der Waals surface area contributed by atoms with Gasteiger partial charge in [-0.25, -0.2) is 0 Å². The number of anilines is 1. The number of amides is 1. The summed E-state index contributed by atoms with van der Waals surface area (Å²) in [6.45, 7) is 0. The number of hydrogen-bond acceptors (Lipinski definition) is 4. The molecule has 1 amide bonds. The Kier molecular flexibility index (Phi) is 4.57. The normalized spacial score (nSPS) is 16.7. The maximum Gasteiger partial charge on any atom is 0.270 e. The number of benzene rings is 2. The molecule has 6 nitrogen and oxygen atoms in total. The third-order valence-electron chi connectivity index (χ3n) is 6.07. The molecule has 1 heterocycles. The van der Waals surface area contributed by atoms with Gasteiger partial charge in [0.15, 0.2) is 11.3 Å². The number of rotatable bonds is 3. The Morgan fingerprint density at radius 1 is 1.26 bits per heavy atom. The van der Waals surface area contributed by atoms with Crippen molar-refractivity contribution in [2.75, 3.05) is 5.32 Å². The standard InChI is InChI=1S/C24H19ClN4O2/c1-29-22-19(15-9-5-6-13-10-11-17(25)20(22)18(13)15)21(28-29)23(30)16(12-26)24(31)27-14-7-3-2-4-8-14/h2-4,7-8,10-11,15,30H,5-6,9H2,1H3,(H,27,31). The monoisotopic (exact) mass is 430 g/mol. The lowest BCUT2D eigenvalue weighted by Crippen LogP contribution is -2.16. The topological polar surface area (TPSA) is 90.9 Å². The van der Waals surface area contributed by atoms with Crippen molar-refractivity contribution in [3.63, 3.8) is 0 Å². The molecule has 0 saturated heterocycles. The number of carbonyl (C=O) groups is 1. The molecule has 2 N–H and O–H groups in total. The number of aliphatic hydroxyl groups is 1. The molecule has 1 atom stereocenters. The van der Waals surface area contributed by atoms with E-state index < -0.39 is 11.7 Å². The van der Waals surface area contributed by atoms with Crippen LogP contribution in [-0.2, 0) is 18.3 Å². The van der Waals surface area contributed by atoms with Crippen molar-refractivity contribution < 1.29 is 9.90 Å². The molecule has 154 valence electrons. The number of nitrogens with zero attached hydrogens (tertiary/aromatic N) is 3. The summed E-state index contributed by atoms with van der Waals surface area (Å²) in [6, 6.07) is 14.6. The van der Waals surface area contributed by atoms with E-state index in [1.165, 1.54) is 11.1 Å². The molecular weight excluding hydrogens is 412 g/mol. The second-order valence-electron chi connectivity index (χ2n) is 7.83. The molecule has 0 radical (unpaired) electrons. The second kappa shape index (κ2) is 7.29. The van der Waals surface area contributed by atoms with Gasteiger partial charge >= 0.3 is 0 Å². The van der Waals surface area contributed by atoms with Gasteiger partial charge in [0, 0.05) is 29.8 Å². The van der Waals surface area contributed by atoms with Crippen LogP contribution in [0.1, 0.15) is 41.1 Å². The third-order valence-corrected chi connectivity index (χ3v) is 6.39. The quantitative estimate of drug-likeness (QED) is 0.349. The predicted molar refractivity (Wildman–Crippen MR) is 119 cm³/mol. The number of aromatic nitrogens is 2. The largest absolute Gasteiger partial charge is 0.504 e.